The van der Waals surface area contributed by atoms with Crippen LogP contribution in [0.25, 0.3) is 0 Å². The molecule has 0 bridgehead atoms. The lowest BCUT2D eigenvalue weighted by atomic mass is 9.96. The number of hydrogen-bond acceptors (Lipinski definition) is 3. The van der Waals surface area contributed by atoms with Crippen molar-refractivity contribution in [2.75, 3.05) is 13.2 Å². The molecule has 1 atom stereocenters. The van der Waals surface area contributed by atoms with Crippen LogP contribution in [0.1, 0.15) is 22.8 Å². The van der Waals surface area contributed by atoms with Gasteiger partial charge in [0.2, 0.25) is 0 Å². The quantitative estimate of drug-likeness (QED) is 0.795. The largest absolute Gasteiger partial charge is 0.367 e. The predicted molar refractivity (Wildman–Crippen MR) is 75.3 cm³/mol. The summed E-state index contributed by atoms with van der Waals surface area (Å²) in [6.07, 6.45) is 0.00565. The lowest BCUT2D eigenvalue weighted by Crippen LogP contribution is -2.36. The highest BCUT2D eigenvalue weighted by molar-refractivity contribution is 5.36. The highest BCUT2D eigenvalue weighted by Gasteiger charge is 2.21. The van der Waals surface area contributed by atoms with Gasteiger partial charge in [-0.05, 0) is 16.7 Å². The monoisotopic (exact) mass is 254 g/mol. The second kappa shape index (κ2) is 5.53. The molecule has 0 fully saturated rings. The molecule has 0 aliphatic carbocycles. The van der Waals surface area contributed by atoms with Crippen LogP contribution in [0.15, 0.2) is 54.6 Å². The van der Waals surface area contributed by atoms with Crippen molar-refractivity contribution >= 4 is 0 Å². The van der Waals surface area contributed by atoms with E-state index >= 15 is 0 Å². The summed E-state index contributed by atoms with van der Waals surface area (Å²) in [5, 5.41) is 1.81. The fraction of sp³-hybridized carbons (Fsp3) is 0.250. The van der Waals surface area contributed by atoms with E-state index in [2.05, 4.69) is 48.5 Å². The summed E-state index contributed by atoms with van der Waals surface area (Å²) in [6.45, 7) is 2.16. The van der Waals surface area contributed by atoms with Crippen molar-refractivity contribution < 1.29 is 4.74 Å². The first-order chi connectivity index (χ1) is 9.34. The molecule has 1 aliphatic heterocycles. The summed E-state index contributed by atoms with van der Waals surface area (Å²) in [7, 11) is 0. The number of hydrogen-bond donors (Lipinski definition) is 1. The van der Waals surface area contributed by atoms with Crippen molar-refractivity contribution in [1.82, 2.24) is 5.01 Å². The number of rotatable bonds is 1. The maximum atomic E-state index is 6.04. The van der Waals surface area contributed by atoms with Crippen LogP contribution in [-0.4, -0.2) is 18.2 Å². The Labute approximate surface area is 113 Å². The van der Waals surface area contributed by atoms with E-state index in [1.54, 1.807) is 5.01 Å². The molecule has 3 heteroatoms. The Morgan fingerprint density at radius 3 is 2.58 bits per heavy atom. The third kappa shape index (κ3) is 2.68. The molecule has 2 aromatic carbocycles. The molecule has 2 N–H and O–H groups in total. The summed E-state index contributed by atoms with van der Waals surface area (Å²) < 4.78 is 6.04. The van der Waals surface area contributed by atoms with E-state index in [0.29, 0.717) is 6.61 Å². The van der Waals surface area contributed by atoms with E-state index in [-0.39, 0.29) is 6.10 Å². The molecule has 2 aromatic rings. The number of nitrogens with zero attached hydrogens (tertiary/aromatic N) is 1. The molecule has 0 aromatic heterocycles. The first-order valence-electron chi connectivity index (χ1n) is 6.58. The number of benzene rings is 2. The Morgan fingerprint density at radius 2 is 1.74 bits per heavy atom. The molecule has 0 spiro atoms. The third-order valence-electron chi connectivity index (χ3n) is 3.48. The van der Waals surface area contributed by atoms with Crippen LogP contribution >= 0.6 is 0 Å². The fourth-order valence-electron chi connectivity index (χ4n) is 2.51. The SMILES string of the molecule is NN1CCOC(c2ccccc2)c2ccccc2C1. The molecule has 1 aliphatic rings. The predicted octanol–water partition coefficient (Wildman–Crippen LogP) is 2.48. The van der Waals surface area contributed by atoms with E-state index in [0.717, 1.165) is 13.1 Å². The molecule has 98 valence electrons. The Kier molecular flexibility index (Phi) is 3.60. The minimum Gasteiger partial charge on any atom is -0.367 e. The zero-order valence-corrected chi connectivity index (χ0v) is 10.8. The van der Waals surface area contributed by atoms with Gasteiger partial charge in [-0.15, -0.1) is 0 Å². The van der Waals surface area contributed by atoms with Crippen molar-refractivity contribution in [2.45, 2.75) is 12.6 Å². The second-order valence-corrected chi connectivity index (χ2v) is 4.83. The van der Waals surface area contributed by atoms with Gasteiger partial charge >= 0.3 is 0 Å². The van der Waals surface area contributed by atoms with Crippen molar-refractivity contribution in [3.05, 3.63) is 71.3 Å². The molecular weight excluding hydrogens is 236 g/mol. The molecule has 0 saturated heterocycles. The standard InChI is InChI=1S/C16H18N2O/c17-18-10-11-19-16(13-6-2-1-3-7-13)15-9-5-4-8-14(15)12-18/h1-9,16H,10-12,17H2. The summed E-state index contributed by atoms with van der Waals surface area (Å²) >= 11 is 0. The second-order valence-electron chi connectivity index (χ2n) is 4.83. The van der Waals surface area contributed by atoms with E-state index < -0.39 is 0 Å². The van der Waals surface area contributed by atoms with Gasteiger partial charge in [-0.2, -0.15) is 0 Å². The molecular formula is C16H18N2O. The van der Waals surface area contributed by atoms with Gasteiger partial charge in [-0.3, -0.25) is 5.84 Å². The maximum Gasteiger partial charge on any atom is 0.108 e. The summed E-state index contributed by atoms with van der Waals surface area (Å²) in [5.41, 5.74) is 3.64. The highest BCUT2D eigenvalue weighted by atomic mass is 16.5. The van der Waals surface area contributed by atoms with Gasteiger partial charge in [0, 0.05) is 13.1 Å². The smallest absolute Gasteiger partial charge is 0.108 e. The molecule has 3 rings (SSSR count). The molecule has 0 radical (unpaired) electrons. The average molecular weight is 254 g/mol. The van der Waals surface area contributed by atoms with Gasteiger partial charge in [0.15, 0.2) is 0 Å². The van der Waals surface area contributed by atoms with Crippen LogP contribution in [0, 0.1) is 0 Å². The van der Waals surface area contributed by atoms with E-state index in [4.69, 9.17) is 10.6 Å². The molecule has 3 nitrogen and oxygen atoms in total. The molecule has 1 unspecified atom stereocenters. The van der Waals surface area contributed by atoms with Gasteiger partial charge in [0.25, 0.3) is 0 Å². The average Bonchev–Trinajstić information content (AvgIpc) is 2.43. The molecule has 0 saturated carbocycles. The van der Waals surface area contributed by atoms with Gasteiger partial charge in [0.1, 0.15) is 6.10 Å². The van der Waals surface area contributed by atoms with Crippen LogP contribution in [0.5, 0.6) is 0 Å². The summed E-state index contributed by atoms with van der Waals surface area (Å²) in [5.74, 6) is 5.96. The normalized spacial score (nSPS) is 20.4. The van der Waals surface area contributed by atoms with E-state index in [1.165, 1.54) is 16.7 Å². The summed E-state index contributed by atoms with van der Waals surface area (Å²) in [6, 6.07) is 18.7. The van der Waals surface area contributed by atoms with E-state index in [9.17, 15) is 0 Å². The first-order valence-corrected chi connectivity index (χ1v) is 6.58. The lowest BCUT2D eigenvalue weighted by molar-refractivity contribution is 0.0492. The van der Waals surface area contributed by atoms with Gasteiger partial charge in [0.05, 0.1) is 6.61 Å². The van der Waals surface area contributed by atoms with Gasteiger partial charge in [-0.25, -0.2) is 5.01 Å². The van der Waals surface area contributed by atoms with Crippen LogP contribution in [0.2, 0.25) is 0 Å². The van der Waals surface area contributed by atoms with Gasteiger partial charge < -0.3 is 4.74 Å². The minimum absolute atomic E-state index is 0.00565. The number of ether oxygens (including phenoxy) is 1. The van der Waals surface area contributed by atoms with E-state index in [1.807, 2.05) is 6.07 Å². The van der Waals surface area contributed by atoms with Crippen LogP contribution in [-0.2, 0) is 11.3 Å². The van der Waals surface area contributed by atoms with Gasteiger partial charge in [-0.1, -0.05) is 54.6 Å². The highest BCUT2D eigenvalue weighted by Crippen LogP contribution is 2.30. The number of hydrazine groups is 1. The van der Waals surface area contributed by atoms with Crippen molar-refractivity contribution in [1.29, 1.82) is 0 Å². The molecule has 0 amide bonds. The van der Waals surface area contributed by atoms with Crippen LogP contribution < -0.4 is 5.84 Å². The number of nitrogens with two attached hydrogens (primary N) is 1. The third-order valence-corrected chi connectivity index (χ3v) is 3.48. The van der Waals surface area contributed by atoms with Crippen molar-refractivity contribution in [3.8, 4) is 0 Å². The van der Waals surface area contributed by atoms with Crippen molar-refractivity contribution in [3.63, 3.8) is 0 Å². The minimum atomic E-state index is 0.00565. The van der Waals surface area contributed by atoms with Crippen LogP contribution in [0.3, 0.4) is 0 Å². The zero-order valence-electron chi connectivity index (χ0n) is 10.8. The Hall–Kier alpha value is -1.68. The Bertz CT molecular complexity index is 541. The van der Waals surface area contributed by atoms with Crippen molar-refractivity contribution in [2.24, 2.45) is 5.84 Å². The molecule has 1 heterocycles. The fourth-order valence-corrected chi connectivity index (χ4v) is 2.51. The Morgan fingerprint density at radius 1 is 1.00 bits per heavy atom. The number of fused-ring (bicyclic) bond motifs is 1. The lowest BCUT2D eigenvalue weighted by Gasteiger charge is -2.28. The topological polar surface area (TPSA) is 38.5 Å². The van der Waals surface area contributed by atoms with Crippen LogP contribution in [0.4, 0.5) is 0 Å². The Balaban J connectivity index is 2.03. The molecule has 19 heavy (non-hydrogen) atoms. The summed E-state index contributed by atoms with van der Waals surface area (Å²) in [4.78, 5) is 0. The first kappa shape index (κ1) is 12.4. The zero-order chi connectivity index (χ0) is 13.1. The maximum absolute atomic E-state index is 6.04.